The molecule has 0 spiro atoms. The Morgan fingerprint density at radius 3 is 2.68 bits per heavy atom. The number of thiophene rings is 1. The lowest BCUT2D eigenvalue weighted by Gasteiger charge is -2.10. The molecular weight excluding hydrogens is 468 g/mol. The minimum Gasteiger partial charge on any atom is -0.454 e. The van der Waals surface area contributed by atoms with Crippen LogP contribution in [-0.4, -0.2) is 26.4 Å². The minimum atomic E-state index is -0.447. The van der Waals surface area contributed by atoms with Crippen LogP contribution in [0.2, 0.25) is 5.02 Å². The van der Waals surface area contributed by atoms with Crippen molar-refractivity contribution in [2.24, 2.45) is 4.99 Å². The standard InChI is InChI=1S/C26H21ClN4O2S/c1-16(33-24(32)13-12-18-8-4-3-5-9-18)22-14-20-25(19-10-6-7-11-21(19)27)28-15-23-30-29-17(2)31(23)26(20)34-22/h3-14,16H,15H2,1-2H3/b13-12+. The topological polar surface area (TPSA) is 69.4 Å². The Balaban J connectivity index is 1.49. The third-order valence-corrected chi connectivity index (χ3v) is 7.11. The smallest absolute Gasteiger partial charge is 0.331 e. The summed E-state index contributed by atoms with van der Waals surface area (Å²) in [4.78, 5) is 18.2. The van der Waals surface area contributed by atoms with Gasteiger partial charge < -0.3 is 4.74 Å². The van der Waals surface area contributed by atoms with Gasteiger partial charge in [-0.05, 0) is 37.6 Å². The van der Waals surface area contributed by atoms with Gasteiger partial charge in [-0.15, -0.1) is 21.5 Å². The zero-order valence-electron chi connectivity index (χ0n) is 18.6. The van der Waals surface area contributed by atoms with Gasteiger partial charge in [0.1, 0.15) is 23.5 Å². The highest BCUT2D eigenvalue weighted by Gasteiger charge is 2.27. The van der Waals surface area contributed by atoms with Gasteiger partial charge in [0, 0.05) is 27.1 Å². The average Bonchev–Trinajstić information content (AvgIpc) is 3.39. The number of hydrogen-bond donors (Lipinski definition) is 0. The van der Waals surface area contributed by atoms with Crippen LogP contribution in [0.5, 0.6) is 0 Å². The Bertz CT molecular complexity index is 1420. The Labute approximate surface area is 206 Å². The lowest BCUT2D eigenvalue weighted by Crippen LogP contribution is -2.06. The first-order chi connectivity index (χ1) is 16.5. The first-order valence-corrected chi connectivity index (χ1v) is 12.0. The second-order valence-electron chi connectivity index (χ2n) is 7.83. The fourth-order valence-electron chi connectivity index (χ4n) is 3.83. The molecular formula is C26H21ClN4O2S. The number of hydrogen-bond acceptors (Lipinski definition) is 6. The molecule has 0 saturated carbocycles. The van der Waals surface area contributed by atoms with E-state index in [0.29, 0.717) is 11.6 Å². The maximum atomic E-state index is 12.5. The fraction of sp³-hybridized carbons (Fsp3) is 0.154. The molecule has 1 atom stereocenters. The zero-order chi connectivity index (χ0) is 23.7. The Morgan fingerprint density at radius 1 is 1.12 bits per heavy atom. The lowest BCUT2D eigenvalue weighted by molar-refractivity contribution is -0.142. The molecule has 2 aromatic carbocycles. The predicted octanol–water partition coefficient (Wildman–Crippen LogP) is 5.96. The highest BCUT2D eigenvalue weighted by atomic mass is 35.5. The van der Waals surface area contributed by atoms with Crippen molar-refractivity contribution < 1.29 is 9.53 Å². The summed E-state index contributed by atoms with van der Waals surface area (Å²) in [5, 5.41) is 10.1. The van der Waals surface area contributed by atoms with Gasteiger partial charge in [-0.25, -0.2) is 4.79 Å². The van der Waals surface area contributed by atoms with Crippen LogP contribution in [-0.2, 0) is 16.1 Å². The van der Waals surface area contributed by atoms with E-state index in [-0.39, 0.29) is 0 Å². The number of carbonyl (C=O) groups is 1. The largest absolute Gasteiger partial charge is 0.454 e. The van der Waals surface area contributed by atoms with Crippen LogP contribution in [0.1, 0.15) is 46.2 Å². The van der Waals surface area contributed by atoms with E-state index < -0.39 is 12.1 Å². The molecule has 34 heavy (non-hydrogen) atoms. The van der Waals surface area contributed by atoms with Crippen LogP contribution in [0.4, 0.5) is 0 Å². The molecule has 8 heteroatoms. The van der Waals surface area contributed by atoms with E-state index in [4.69, 9.17) is 21.3 Å². The molecule has 170 valence electrons. The first kappa shape index (κ1) is 22.3. The van der Waals surface area contributed by atoms with Gasteiger partial charge in [0.25, 0.3) is 0 Å². The van der Waals surface area contributed by atoms with Crippen LogP contribution in [0.3, 0.4) is 0 Å². The fourth-order valence-corrected chi connectivity index (χ4v) is 5.26. The first-order valence-electron chi connectivity index (χ1n) is 10.8. The van der Waals surface area contributed by atoms with Crippen molar-refractivity contribution in [3.63, 3.8) is 0 Å². The van der Waals surface area contributed by atoms with Crippen LogP contribution in [0.15, 0.2) is 71.7 Å². The number of aryl methyl sites for hydroxylation is 1. The van der Waals surface area contributed by atoms with E-state index in [1.54, 1.807) is 6.08 Å². The van der Waals surface area contributed by atoms with Crippen molar-refractivity contribution in [1.29, 1.82) is 0 Å². The SMILES string of the molecule is Cc1nnc2n1-c1sc(C(C)OC(=O)/C=C/c3ccccc3)cc1C(c1ccccc1Cl)=NC2. The molecule has 1 aliphatic rings. The third-order valence-electron chi connectivity index (χ3n) is 5.49. The van der Waals surface area contributed by atoms with E-state index in [1.165, 1.54) is 17.4 Å². The number of fused-ring (bicyclic) bond motifs is 3. The number of aromatic nitrogens is 3. The second-order valence-corrected chi connectivity index (χ2v) is 9.30. The zero-order valence-corrected chi connectivity index (χ0v) is 20.2. The maximum Gasteiger partial charge on any atom is 0.331 e. The number of rotatable bonds is 5. The molecule has 0 saturated heterocycles. The average molecular weight is 489 g/mol. The number of esters is 1. The Hall–Kier alpha value is -3.55. The molecule has 0 radical (unpaired) electrons. The van der Waals surface area contributed by atoms with Crippen LogP contribution >= 0.6 is 22.9 Å². The number of nitrogens with zero attached hydrogens (tertiary/aromatic N) is 4. The summed E-state index contributed by atoms with van der Waals surface area (Å²) in [5.74, 6) is 1.13. The summed E-state index contributed by atoms with van der Waals surface area (Å²) in [7, 11) is 0. The lowest BCUT2D eigenvalue weighted by atomic mass is 10.0. The second kappa shape index (κ2) is 9.37. The monoisotopic (exact) mass is 488 g/mol. The molecule has 2 aromatic heterocycles. The number of aliphatic imine (C=N–C) groups is 1. The molecule has 5 rings (SSSR count). The predicted molar refractivity (Wildman–Crippen MR) is 135 cm³/mol. The summed E-state index contributed by atoms with van der Waals surface area (Å²) < 4.78 is 7.72. The van der Waals surface area contributed by atoms with E-state index >= 15 is 0 Å². The van der Waals surface area contributed by atoms with Crippen molar-refractivity contribution in [2.75, 3.05) is 0 Å². The molecule has 4 aromatic rings. The van der Waals surface area contributed by atoms with Crippen molar-refractivity contribution >= 4 is 40.7 Å². The van der Waals surface area contributed by atoms with Crippen molar-refractivity contribution in [3.8, 4) is 5.00 Å². The molecule has 3 heterocycles. The van der Waals surface area contributed by atoms with Crippen LogP contribution < -0.4 is 0 Å². The van der Waals surface area contributed by atoms with E-state index in [0.717, 1.165) is 43.9 Å². The van der Waals surface area contributed by atoms with Crippen molar-refractivity contribution in [1.82, 2.24) is 14.8 Å². The van der Waals surface area contributed by atoms with E-state index in [9.17, 15) is 4.79 Å². The molecule has 1 aliphatic heterocycles. The number of ether oxygens (including phenoxy) is 1. The summed E-state index contributed by atoms with van der Waals surface area (Å²) in [6.07, 6.45) is 2.74. The molecule has 6 nitrogen and oxygen atoms in total. The molecule has 0 bridgehead atoms. The minimum absolute atomic E-state index is 0.396. The van der Waals surface area contributed by atoms with Crippen molar-refractivity contribution in [2.45, 2.75) is 26.5 Å². The number of carbonyl (C=O) groups excluding carboxylic acids is 1. The third kappa shape index (κ3) is 4.32. The highest BCUT2D eigenvalue weighted by molar-refractivity contribution is 7.15. The number of halogens is 1. The van der Waals surface area contributed by atoms with Gasteiger partial charge in [0.05, 0.1) is 5.71 Å². The van der Waals surface area contributed by atoms with Gasteiger partial charge in [0.15, 0.2) is 5.82 Å². The van der Waals surface area contributed by atoms with Gasteiger partial charge >= 0.3 is 5.97 Å². The Kier molecular flexibility index (Phi) is 6.13. The molecule has 0 aliphatic carbocycles. The van der Waals surface area contributed by atoms with Gasteiger partial charge in [-0.3, -0.25) is 9.56 Å². The molecule has 1 unspecified atom stereocenters. The quantitative estimate of drug-likeness (QED) is 0.257. The van der Waals surface area contributed by atoms with Gasteiger partial charge in [0.2, 0.25) is 0 Å². The number of benzene rings is 2. The summed E-state index contributed by atoms with van der Waals surface area (Å²) in [6.45, 7) is 4.18. The van der Waals surface area contributed by atoms with Gasteiger partial charge in [-0.1, -0.05) is 60.1 Å². The summed E-state index contributed by atoms with van der Waals surface area (Å²) in [5.41, 5.74) is 3.49. The normalized spacial score (nSPS) is 13.7. The van der Waals surface area contributed by atoms with Crippen LogP contribution in [0, 0.1) is 6.92 Å². The van der Waals surface area contributed by atoms with E-state index in [1.807, 2.05) is 79.1 Å². The molecule has 0 amide bonds. The molecule has 0 N–H and O–H groups in total. The van der Waals surface area contributed by atoms with Gasteiger partial charge in [-0.2, -0.15) is 0 Å². The summed E-state index contributed by atoms with van der Waals surface area (Å²) >= 11 is 8.06. The summed E-state index contributed by atoms with van der Waals surface area (Å²) in [6, 6.07) is 19.3. The van der Waals surface area contributed by atoms with Crippen LogP contribution in [0.25, 0.3) is 11.1 Å². The highest BCUT2D eigenvalue weighted by Crippen LogP contribution is 2.37. The van der Waals surface area contributed by atoms with Crippen molar-refractivity contribution in [3.05, 3.63) is 105 Å². The Morgan fingerprint density at radius 2 is 1.88 bits per heavy atom. The van der Waals surface area contributed by atoms with E-state index in [2.05, 4.69) is 10.2 Å². The maximum absolute atomic E-state index is 12.5. The molecule has 0 fully saturated rings.